The van der Waals surface area contributed by atoms with Crippen LogP contribution in [0.15, 0.2) is 35.1 Å². The van der Waals surface area contributed by atoms with Crippen LogP contribution in [0.4, 0.5) is 0 Å². The van der Waals surface area contributed by atoms with Crippen LogP contribution >= 0.6 is 15.9 Å². The third kappa shape index (κ3) is 1.65. The first kappa shape index (κ1) is 10.5. The first-order valence-corrected chi connectivity index (χ1v) is 6.15. The summed E-state index contributed by atoms with van der Waals surface area (Å²) >= 11 is 3.26. The molecule has 2 unspecified atom stereocenters. The predicted molar refractivity (Wildman–Crippen MR) is 65.3 cm³/mol. The Morgan fingerprint density at radius 1 is 1.35 bits per heavy atom. The van der Waals surface area contributed by atoms with Gasteiger partial charge in [-0.2, -0.15) is 5.26 Å². The first-order chi connectivity index (χ1) is 8.29. The standard InChI is InChI=1S/C12H9BrN4/c13-12-15-11-9(7-14)6-10(17(11)16-12)8-4-2-1-3-5-8/h1-5,9-10H,6H2. The van der Waals surface area contributed by atoms with Crippen molar-refractivity contribution in [3.63, 3.8) is 0 Å². The molecule has 0 fully saturated rings. The molecule has 0 saturated heterocycles. The lowest BCUT2D eigenvalue weighted by atomic mass is 10.00. The van der Waals surface area contributed by atoms with E-state index in [0.29, 0.717) is 4.73 Å². The lowest BCUT2D eigenvalue weighted by molar-refractivity contribution is 0.547. The summed E-state index contributed by atoms with van der Waals surface area (Å²) in [5.74, 6) is 0.590. The molecule has 3 rings (SSSR count). The fraction of sp³-hybridized carbons (Fsp3) is 0.250. The number of aromatic nitrogens is 3. The molecule has 2 heterocycles. The second-order valence-corrected chi connectivity index (χ2v) is 4.74. The van der Waals surface area contributed by atoms with Crippen molar-refractivity contribution < 1.29 is 0 Å². The second-order valence-electron chi connectivity index (χ2n) is 4.03. The molecule has 17 heavy (non-hydrogen) atoms. The van der Waals surface area contributed by atoms with Crippen LogP contribution in [0.3, 0.4) is 0 Å². The Morgan fingerprint density at radius 2 is 2.12 bits per heavy atom. The van der Waals surface area contributed by atoms with Gasteiger partial charge in [-0.15, -0.1) is 5.10 Å². The van der Waals surface area contributed by atoms with Gasteiger partial charge in [0.1, 0.15) is 11.7 Å². The Hall–Kier alpha value is -1.67. The maximum absolute atomic E-state index is 9.14. The minimum atomic E-state index is -0.168. The molecule has 0 bridgehead atoms. The van der Waals surface area contributed by atoms with Crippen LogP contribution in [0.1, 0.15) is 29.8 Å². The number of nitrogens with zero attached hydrogens (tertiary/aromatic N) is 4. The van der Waals surface area contributed by atoms with Crippen LogP contribution in [0.25, 0.3) is 0 Å². The minimum Gasteiger partial charge on any atom is -0.240 e. The minimum absolute atomic E-state index is 0.120. The van der Waals surface area contributed by atoms with Gasteiger partial charge in [0.05, 0.1) is 12.1 Å². The molecule has 1 aliphatic rings. The van der Waals surface area contributed by atoms with Crippen molar-refractivity contribution in [3.05, 3.63) is 46.5 Å². The van der Waals surface area contributed by atoms with Crippen molar-refractivity contribution in [2.75, 3.05) is 0 Å². The summed E-state index contributed by atoms with van der Waals surface area (Å²) in [4.78, 5) is 4.27. The van der Waals surface area contributed by atoms with E-state index in [1.807, 2.05) is 22.9 Å². The molecule has 1 aliphatic heterocycles. The van der Waals surface area contributed by atoms with Crippen LogP contribution in [-0.4, -0.2) is 14.8 Å². The highest BCUT2D eigenvalue weighted by atomic mass is 79.9. The highest BCUT2D eigenvalue weighted by molar-refractivity contribution is 9.10. The van der Waals surface area contributed by atoms with Gasteiger partial charge in [-0.05, 0) is 27.9 Å². The molecule has 0 spiro atoms. The summed E-state index contributed by atoms with van der Waals surface area (Å²) in [5.41, 5.74) is 1.17. The van der Waals surface area contributed by atoms with Gasteiger partial charge in [-0.1, -0.05) is 30.3 Å². The average Bonchev–Trinajstić information content (AvgIpc) is 2.87. The highest BCUT2D eigenvalue weighted by Crippen LogP contribution is 2.38. The number of rotatable bonds is 1. The van der Waals surface area contributed by atoms with Gasteiger partial charge in [-0.3, -0.25) is 0 Å². The van der Waals surface area contributed by atoms with E-state index >= 15 is 0 Å². The van der Waals surface area contributed by atoms with Gasteiger partial charge >= 0.3 is 0 Å². The molecule has 0 saturated carbocycles. The van der Waals surface area contributed by atoms with E-state index in [4.69, 9.17) is 5.26 Å². The Kier molecular flexibility index (Phi) is 2.45. The van der Waals surface area contributed by atoms with Crippen molar-refractivity contribution in [2.45, 2.75) is 18.4 Å². The molecule has 2 aromatic rings. The number of halogens is 1. The Bertz CT molecular complexity index is 584. The zero-order valence-electron chi connectivity index (χ0n) is 8.92. The van der Waals surface area contributed by atoms with Crippen molar-refractivity contribution in [1.29, 1.82) is 5.26 Å². The Labute approximate surface area is 107 Å². The summed E-state index contributed by atoms with van der Waals surface area (Å²) in [6.07, 6.45) is 0.753. The summed E-state index contributed by atoms with van der Waals surface area (Å²) in [6.45, 7) is 0. The summed E-state index contributed by atoms with van der Waals surface area (Å²) in [7, 11) is 0. The van der Waals surface area contributed by atoms with Crippen molar-refractivity contribution in [3.8, 4) is 6.07 Å². The zero-order chi connectivity index (χ0) is 11.8. The molecule has 0 N–H and O–H groups in total. The molecule has 0 radical (unpaired) electrons. The lowest BCUT2D eigenvalue weighted by Crippen LogP contribution is -2.07. The van der Waals surface area contributed by atoms with E-state index < -0.39 is 0 Å². The third-order valence-corrected chi connectivity index (χ3v) is 3.37. The molecule has 1 aromatic heterocycles. The van der Waals surface area contributed by atoms with Gasteiger partial charge in [0.15, 0.2) is 0 Å². The van der Waals surface area contributed by atoms with Crippen molar-refractivity contribution >= 4 is 15.9 Å². The number of benzene rings is 1. The third-order valence-electron chi connectivity index (χ3n) is 3.04. The van der Waals surface area contributed by atoms with Gasteiger partial charge in [0.25, 0.3) is 0 Å². The van der Waals surface area contributed by atoms with Crippen LogP contribution in [0.5, 0.6) is 0 Å². The van der Waals surface area contributed by atoms with Crippen molar-refractivity contribution in [1.82, 2.24) is 14.8 Å². The van der Waals surface area contributed by atoms with Crippen LogP contribution in [0.2, 0.25) is 0 Å². The quantitative estimate of drug-likeness (QED) is 0.811. The van der Waals surface area contributed by atoms with Gasteiger partial charge in [-0.25, -0.2) is 9.67 Å². The molecule has 0 amide bonds. The van der Waals surface area contributed by atoms with Crippen LogP contribution in [0, 0.1) is 11.3 Å². The molecule has 5 heteroatoms. The fourth-order valence-corrected chi connectivity index (χ4v) is 2.62. The van der Waals surface area contributed by atoms with E-state index in [-0.39, 0.29) is 12.0 Å². The highest BCUT2D eigenvalue weighted by Gasteiger charge is 2.34. The zero-order valence-corrected chi connectivity index (χ0v) is 10.5. The second kappa shape index (κ2) is 3.97. The summed E-state index contributed by atoms with van der Waals surface area (Å²) in [6, 6.07) is 12.5. The van der Waals surface area contributed by atoms with E-state index in [1.54, 1.807) is 0 Å². The number of fused-ring (bicyclic) bond motifs is 1. The first-order valence-electron chi connectivity index (χ1n) is 5.36. The van der Waals surface area contributed by atoms with E-state index in [2.05, 4.69) is 44.2 Å². The lowest BCUT2D eigenvalue weighted by Gasteiger charge is -2.11. The number of nitriles is 1. The Balaban J connectivity index is 2.08. The van der Waals surface area contributed by atoms with E-state index in [0.717, 1.165) is 12.2 Å². The van der Waals surface area contributed by atoms with Crippen LogP contribution < -0.4 is 0 Å². The molecular weight excluding hydrogens is 280 g/mol. The molecule has 2 atom stereocenters. The number of hydrogen-bond donors (Lipinski definition) is 0. The monoisotopic (exact) mass is 288 g/mol. The van der Waals surface area contributed by atoms with Gasteiger partial charge in [0.2, 0.25) is 4.73 Å². The van der Waals surface area contributed by atoms with Crippen molar-refractivity contribution in [2.24, 2.45) is 0 Å². The smallest absolute Gasteiger partial charge is 0.217 e. The molecule has 4 nitrogen and oxygen atoms in total. The van der Waals surface area contributed by atoms with E-state index in [9.17, 15) is 0 Å². The number of hydrogen-bond acceptors (Lipinski definition) is 3. The molecule has 0 aliphatic carbocycles. The maximum atomic E-state index is 9.14. The molecular formula is C12H9BrN4. The fourth-order valence-electron chi connectivity index (χ4n) is 2.27. The molecule has 84 valence electrons. The average molecular weight is 289 g/mol. The summed E-state index contributed by atoms with van der Waals surface area (Å²) in [5, 5.41) is 13.5. The Morgan fingerprint density at radius 3 is 2.82 bits per heavy atom. The van der Waals surface area contributed by atoms with E-state index in [1.165, 1.54) is 5.56 Å². The SMILES string of the molecule is N#CC1CC(c2ccccc2)n2nc(Br)nc21. The van der Waals surface area contributed by atoms with Gasteiger partial charge in [0, 0.05) is 0 Å². The van der Waals surface area contributed by atoms with Gasteiger partial charge < -0.3 is 0 Å². The normalized spacial score (nSPS) is 22.1. The largest absolute Gasteiger partial charge is 0.240 e. The maximum Gasteiger partial charge on any atom is 0.217 e. The topological polar surface area (TPSA) is 54.5 Å². The summed E-state index contributed by atoms with van der Waals surface area (Å²) < 4.78 is 2.40. The van der Waals surface area contributed by atoms with Crippen LogP contribution in [-0.2, 0) is 0 Å². The predicted octanol–water partition coefficient (Wildman–Crippen LogP) is 2.64. The molecule has 1 aromatic carbocycles.